The Hall–Kier alpha value is -4.30. The second kappa shape index (κ2) is 16.7. The second-order valence-corrected chi connectivity index (χ2v) is 10.3. The topological polar surface area (TPSA) is 234 Å². The van der Waals surface area contributed by atoms with Crippen molar-refractivity contribution in [1.82, 2.24) is 26.2 Å². The molecular formula is C26H40N6O9. The molecule has 4 atom stereocenters. The van der Waals surface area contributed by atoms with Crippen LogP contribution in [0.15, 0.2) is 12.2 Å². The molecule has 0 saturated carbocycles. The summed E-state index contributed by atoms with van der Waals surface area (Å²) in [7, 11) is 0. The van der Waals surface area contributed by atoms with Crippen LogP contribution in [0.4, 0.5) is 0 Å². The zero-order valence-corrected chi connectivity index (χ0v) is 23.7. The highest BCUT2D eigenvalue weighted by Crippen LogP contribution is 2.08. The highest BCUT2D eigenvalue weighted by atomic mass is 16.4. The van der Waals surface area contributed by atoms with Crippen molar-refractivity contribution < 1.29 is 43.5 Å². The van der Waals surface area contributed by atoms with Crippen LogP contribution >= 0.6 is 0 Å². The molecule has 0 unspecified atom stereocenters. The van der Waals surface area contributed by atoms with Gasteiger partial charge in [0.25, 0.3) is 11.8 Å². The van der Waals surface area contributed by atoms with Crippen LogP contribution in [0.1, 0.15) is 66.2 Å². The smallest absolute Gasteiger partial charge is 0.326 e. The largest absolute Gasteiger partial charge is 0.480 e. The number of nitrogens with zero attached hydrogens (tertiary/aromatic N) is 1. The number of imide groups is 1. The Bertz CT molecular complexity index is 1040. The fraction of sp³-hybridized carbons (Fsp3) is 0.615. The molecule has 7 amide bonds. The Labute approximate surface area is 238 Å². The Morgan fingerprint density at radius 1 is 0.780 bits per heavy atom. The van der Waals surface area contributed by atoms with Crippen molar-refractivity contribution in [1.29, 1.82) is 0 Å². The maximum absolute atomic E-state index is 12.6. The van der Waals surface area contributed by atoms with E-state index in [1.54, 1.807) is 13.8 Å². The lowest BCUT2D eigenvalue weighted by Gasteiger charge is -2.23. The van der Waals surface area contributed by atoms with Crippen LogP contribution in [-0.4, -0.2) is 88.0 Å². The predicted octanol–water partition coefficient (Wildman–Crippen LogP) is -1.54. The standard InChI is InChI=1S/C26H40N6O9/c1-14(2)12-18(26(40)41)31-25(39)17(13-19(27)33)30-24(38)16(4)29-23(37)15(3)28-20(34)8-6-5-7-11-32-21(35)9-10-22(32)36/h9-10,14-18H,5-8,11-13H2,1-4H3,(H2,27,33)(H,28,34)(H,29,37)(H,30,38)(H,31,39)(H,40,41)/t15-,16-,17-,18-/m0/s1. The van der Waals surface area contributed by atoms with Crippen molar-refractivity contribution in [3.63, 3.8) is 0 Å². The number of carbonyl (C=O) groups is 8. The van der Waals surface area contributed by atoms with E-state index in [0.29, 0.717) is 19.3 Å². The number of nitrogens with one attached hydrogen (secondary N) is 4. The van der Waals surface area contributed by atoms with Crippen LogP contribution in [0.3, 0.4) is 0 Å². The summed E-state index contributed by atoms with van der Waals surface area (Å²) in [6.45, 7) is 6.53. The quantitative estimate of drug-likeness (QED) is 0.0812. The predicted molar refractivity (Wildman–Crippen MR) is 144 cm³/mol. The van der Waals surface area contributed by atoms with Gasteiger partial charge in [-0.25, -0.2) is 4.79 Å². The molecule has 15 nitrogen and oxygen atoms in total. The van der Waals surface area contributed by atoms with Crippen molar-refractivity contribution in [3.8, 4) is 0 Å². The first-order chi connectivity index (χ1) is 19.1. The van der Waals surface area contributed by atoms with Gasteiger partial charge in [0.15, 0.2) is 0 Å². The van der Waals surface area contributed by atoms with Crippen molar-refractivity contribution in [2.24, 2.45) is 11.7 Å². The van der Waals surface area contributed by atoms with Crippen molar-refractivity contribution in [3.05, 3.63) is 12.2 Å². The minimum Gasteiger partial charge on any atom is -0.480 e. The van der Waals surface area contributed by atoms with Crippen LogP contribution in [0.25, 0.3) is 0 Å². The molecule has 15 heteroatoms. The number of carboxylic acids is 1. The summed E-state index contributed by atoms with van der Waals surface area (Å²) in [4.78, 5) is 97.1. The van der Waals surface area contributed by atoms with Gasteiger partial charge in [-0.15, -0.1) is 0 Å². The third-order valence-corrected chi connectivity index (χ3v) is 6.07. The number of carbonyl (C=O) groups excluding carboxylic acids is 7. The Kier molecular flexibility index (Phi) is 14.2. The molecule has 7 N–H and O–H groups in total. The summed E-state index contributed by atoms with van der Waals surface area (Å²) < 4.78 is 0. The maximum Gasteiger partial charge on any atom is 0.326 e. The van der Waals surface area contributed by atoms with Crippen molar-refractivity contribution in [2.75, 3.05) is 6.54 Å². The van der Waals surface area contributed by atoms with Gasteiger partial charge >= 0.3 is 5.97 Å². The molecule has 1 heterocycles. The Balaban J connectivity index is 2.53. The first kappa shape index (κ1) is 34.7. The van der Waals surface area contributed by atoms with E-state index in [1.807, 2.05) is 0 Å². The van der Waals surface area contributed by atoms with Crippen LogP contribution in [0.2, 0.25) is 0 Å². The van der Waals surface area contributed by atoms with Gasteiger partial charge in [0.1, 0.15) is 24.2 Å². The van der Waals surface area contributed by atoms with Gasteiger partial charge in [-0.2, -0.15) is 0 Å². The number of unbranched alkanes of at least 4 members (excludes halogenated alkanes) is 2. The summed E-state index contributed by atoms with van der Waals surface area (Å²) >= 11 is 0. The van der Waals surface area contributed by atoms with E-state index < -0.39 is 66.1 Å². The normalized spacial score (nSPS) is 15.6. The summed E-state index contributed by atoms with van der Waals surface area (Å²) in [6.07, 6.45) is 3.60. The van der Waals surface area contributed by atoms with E-state index in [2.05, 4.69) is 21.3 Å². The van der Waals surface area contributed by atoms with Gasteiger partial charge < -0.3 is 32.1 Å². The Morgan fingerprint density at radius 2 is 1.32 bits per heavy atom. The van der Waals surface area contributed by atoms with Crippen molar-refractivity contribution >= 4 is 47.3 Å². The van der Waals surface area contributed by atoms with Crippen LogP contribution in [0.5, 0.6) is 0 Å². The lowest BCUT2D eigenvalue weighted by atomic mass is 10.0. The molecule has 0 aromatic rings. The monoisotopic (exact) mass is 580 g/mol. The molecule has 0 spiro atoms. The van der Waals surface area contributed by atoms with E-state index in [1.165, 1.54) is 26.0 Å². The molecule has 0 saturated heterocycles. The summed E-state index contributed by atoms with van der Waals surface area (Å²) in [5.41, 5.74) is 5.18. The molecule has 228 valence electrons. The number of hydrogen-bond donors (Lipinski definition) is 6. The van der Waals surface area contributed by atoms with Gasteiger partial charge in [0.2, 0.25) is 29.5 Å². The van der Waals surface area contributed by atoms with Gasteiger partial charge in [-0.3, -0.25) is 38.5 Å². The highest BCUT2D eigenvalue weighted by molar-refractivity contribution is 6.12. The zero-order valence-electron chi connectivity index (χ0n) is 23.7. The van der Waals surface area contributed by atoms with E-state index >= 15 is 0 Å². The first-order valence-corrected chi connectivity index (χ1v) is 13.4. The number of amides is 7. The molecule has 0 aromatic heterocycles. The summed E-state index contributed by atoms with van der Waals surface area (Å²) in [5.74, 6) is -5.82. The van der Waals surface area contributed by atoms with Gasteiger partial charge in [0.05, 0.1) is 6.42 Å². The molecule has 0 aromatic carbocycles. The molecule has 1 aliphatic heterocycles. The minimum absolute atomic E-state index is 0.0604. The number of carboxylic acid groups (broad SMARTS) is 1. The molecule has 41 heavy (non-hydrogen) atoms. The van der Waals surface area contributed by atoms with E-state index in [4.69, 9.17) is 5.73 Å². The van der Waals surface area contributed by atoms with Gasteiger partial charge in [-0.05, 0) is 39.0 Å². The molecule has 0 bridgehead atoms. The molecule has 1 rings (SSSR count). The van der Waals surface area contributed by atoms with E-state index in [9.17, 15) is 43.5 Å². The maximum atomic E-state index is 12.6. The number of hydrogen-bond acceptors (Lipinski definition) is 8. The second-order valence-electron chi connectivity index (χ2n) is 10.3. The Morgan fingerprint density at radius 3 is 1.85 bits per heavy atom. The average molecular weight is 581 g/mol. The van der Waals surface area contributed by atoms with Crippen LogP contribution in [0, 0.1) is 5.92 Å². The molecule has 0 radical (unpaired) electrons. The summed E-state index contributed by atoms with van der Waals surface area (Å²) in [5, 5.41) is 18.9. The number of primary amides is 1. The lowest BCUT2D eigenvalue weighted by molar-refractivity contribution is -0.143. The first-order valence-electron chi connectivity index (χ1n) is 13.4. The third kappa shape index (κ3) is 12.6. The minimum atomic E-state index is -1.47. The number of nitrogens with two attached hydrogens (primary N) is 1. The lowest BCUT2D eigenvalue weighted by Crippen LogP contribution is -2.57. The molecule has 0 fully saturated rings. The number of aliphatic carboxylic acids is 1. The van der Waals surface area contributed by atoms with Gasteiger partial charge in [0, 0.05) is 25.1 Å². The number of rotatable bonds is 18. The molecule has 0 aliphatic carbocycles. The SMILES string of the molecule is CC(C)C[C@H](NC(=O)[C@H](CC(N)=O)NC(=O)[C@H](C)NC(=O)[C@H](C)NC(=O)CCCCCN1C(=O)C=CC1=O)C(=O)O. The fourth-order valence-corrected chi connectivity index (χ4v) is 3.84. The fourth-order valence-electron chi connectivity index (χ4n) is 3.84. The van der Waals surface area contributed by atoms with E-state index in [-0.39, 0.29) is 37.1 Å². The zero-order chi connectivity index (χ0) is 31.3. The molecular weight excluding hydrogens is 540 g/mol. The van der Waals surface area contributed by atoms with Crippen molar-refractivity contribution in [2.45, 2.75) is 90.4 Å². The van der Waals surface area contributed by atoms with Gasteiger partial charge in [-0.1, -0.05) is 20.3 Å². The average Bonchev–Trinajstić information content (AvgIpc) is 3.18. The third-order valence-electron chi connectivity index (χ3n) is 6.07. The van der Waals surface area contributed by atoms with Crippen LogP contribution in [-0.2, 0) is 38.4 Å². The van der Waals surface area contributed by atoms with Crippen LogP contribution < -0.4 is 27.0 Å². The molecule has 1 aliphatic rings. The van der Waals surface area contributed by atoms with E-state index in [0.717, 1.165) is 4.90 Å². The summed E-state index contributed by atoms with van der Waals surface area (Å²) in [6, 6.07) is -4.89. The highest BCUT2D eigenvalue weighted by Gasteiger charge is 2.30.